The SMILES string of the molecule is C[C@@H](C(=O)O)N(C=O)c1cc(Cl)cc(Br)c1. The Kier molecular flexibility index (Phi) is 4.32. The fourth-order valence-electron chi connectivity index (χ4n) is 1.18. The van der Waals surface area contributed by atoms with Crippen molar-refractivity contribution in [3.05, 3.63) is 27.7 Å². The monoisotopic (exact) mass is 305 g/mol. The second kappa shape index (κ2) is 5.32. The Morgan fingerprint density at radius 2 is 2.19 bits per heavy atom. The van der Waals surface area contributed by atoms with Gasteiger partial charge in [-0.15, -0.1) is 0 Å². The van der Waals surface area contributed by atoms with Crippen molar-refractivity contribution < 1.29 is 14.7 Å². The first kappa shape index (κ1) is 13.0. The molecule has 16 heavy (non-hydrogen) atoms. The predicted molar refractivity (Wildman–Crippen MR) is 64.8 cm³/mol. The van der Waals surface area contributed by atoms with Gasteiger partial charge in [0.1, 0.15) is 6.04 Å². The highest BCUT2D eigenvalue weighted by Gasteiger charge is 2.20. The second-order valence-electron chi connectivity index (χ2n) is 3.15. The quantitative estimate of drug-likeness (QED) is 0.870. The van der Waals surface area contributed by atoms with Crippen molar-refractivity contribution in [2.24, 2.45) is 0 Å². The number of carbonyl (C=O) groups excluding carboxylic acids is 1. The van der Waals surface area contributed by atoms with Crippen LogP contribution in [0.5, 0.6) is 0 Å². The number of rotatable bonds is 4. The summed E-state index contributed by atoms with van der Waals surface area (Å²) in [6.07, 6.45) is 0.469. The van der Waals surface area contributed by atoms with Gasteiger partial charge in [-0.05, 0) is 25.1 Å². The van der Waals surface area contributed by atoms with Crippen LogP contribution < -0.4 is 4.90 Å². The van der Waals surface area contributed by atoms with Crippen molar-refractivity contribution in [2.45, 2.75) is 13.0 Å². The van der Waals surface area contributed by atoms with Crippen LogP contribution in [0.15, 0.2) is 22.7 Å². The van der Waals surface area contributed by atoms with Crippen molar-refractivity contribution in [2.75, 3.05) is 4.90 Å². The number of nitrogens with zero attached hydrogens (tertiary/aromatic N) is 1. The molecular formula is C10H9BrClNO3. The molecule has 0 aliphatic heterocycles. The number of benzene rings is 1. The normalized spacial score (nSPS) is 11.9. The number of hydrogen-bond acceptors (Lipinski definition) is 2. The number of amides is 1. The number of carboxylic acids is 1. The van der Waals surface area contributed by atoms with E-state index in [0.717, 1.165) is 4.90 Å². The Morgan fingerprint density at radius 3 is 2.62 bits per heavy atom. The summed E-state index contributed by atoms with van der Waals surface area (Å²) in [5.74, 6) is -1.08. The molecule has 1 aromatic rings. The molecule has 0 aromatic heterocycles. The lowest BCUT2D eigenvalue weighted by atomic mass is 10.2. The van der Waals surface area contributed by atoms with Gasteiger partial charge in [-0.3, -0.25) is 4.79 Å². The number of carbonyl (C=O) groups is 2. The summed E-state index contributed by atoms with van der Waals surface area (Å²) in [5, 5.41) is 9.26. The zero-order valence-electron chi connectivity index (χ0n) is 8.35. The van der Waals surface area contributed by atoms with Gasteiger partial charge in [0.25, 0.3) is 0 Å². The first-order valence-electron chi connectivity index (χ1n) is 4.38. The van der Waals surface area contributed by atoms with Gasteiger partial charge in [0.15, 0.2) is 0 Å². The number of carboxylic acid groups (broad SMARTS) is 1. The zero-order valence-corrected chi connectivity index (χ0v) is 10.7. The Balaban J connectivity index is 3.13. The molecule has 0 aliphatic rings. The highest BCUT2D eigenvalue weighted by molar-refractivity contribution is 9.10. The third kappa shape index (κ3) is 2.96. The third-order valence-corrected chi connectivity index (χ3v) is 2.71. The predicted octanol–water partition coefficient (Wildman–Crippen LogP) is 2.54. The summed E-state index contributed by atoms with van der Waals surface area (Å²) in [6.45, 7) is 1.42. The second-order valence-corrected chi connectivity index (χ2v) is 4.51. The number of hydrogen-bond donors (Lipinski definition) is 1. The van der Waals surface area contributed by atoms with Gasteiger partial charge >= 0.3 is 5.97 Å². The van der Waals surface area contributed by atoms with E-state index in [4.69, 9.17) is 16.7 Å². The average Bonchev–Trinajstić information content (AvgIpc) is 2.16. The summed E-state index contributed by atoms with van der Waals surface area (Å²) in [4.78, 5) is 22.8. The Hall–Kier alpha value is -1.07. The molecular weight excluding hydrogens is 297 g/mol. The summed E-state index contributed by atoms with van der Waals surface area (Å²) < 4.78 is 0.680. The lowest BCUT2D eigenvalue weighted by Crippen LogP contribution is -2.38. The molecule has 0 fully saturated rings. The van der Waals surface area contributed by atoms with Gasteiger partial charge in [-0.25, -0.2) is 4.79 Å². The molecule has 0 saturated carbocycles. The minimum atomic E-state index is -1.08. The van der Waals surface area contributed by atoms with Crippen LogP contribution in [0.1, 0.15) is 6.92 Å². The molecule has 1 aromatic carbocycles. The van der Waals surface area contributed by atoms with Crippen LogP contribution >= 0.6 is 27.5 Å². The molecule has 0 heterocycles. The van der Waals surface area contributed by atoms with Crippen LogP contribution in [0, 0.1) is 0 Å². The molecule has 6 heteroatoms. The van der Waals surface area contributed by atoms with Gasteiger partial charge in [-0.1, -0.05) is 27.5 Å². The Labute approximate surface area is 106 Å². The van der Waals surface area contributed by atoms with Crippen LogP contribution in [0.25, 0.3) is 0 Å². The lowest BCUT2D eigenvalue weighted by molar-refractivity contribution is -0.138. The van der Waals surface area contributed by atoms with Gasteiger partial charge in [0, 0.05) is 15.2 Å². The third-order valence-electron chi connectivity index (χ3n) is 2.03. The van der Waals surface area contributed by atoms with Crippen molar-refractivity contribution >= 4 is 45.6 Å². The van der Waals surface area contributed by atoms with Crippen molar-refractivity contribution in [3.8, 4) is 0 Å². The van der Waals surface area contributed by atoms with Gasteiger partial charge in [-0.2, -0.15) is 0 Å². The first-order chi connectivity index (χ1) is 7.45. The molecule has 0 radical (unpaired) electrons. The zero-order chi connectivity index (χ0) is 12.3. The number of aliphatic carboxylic acids is 1. The highest BCUT2D eigenvalue weighted by Crippen LogP contribution is 2.26. The number of halogens is 2. The van der Waals surface area contributed by atoms with E-state index in [9.17, 15) is 9.59 Å². The molecule has 0 spiro atoms. The minimum Gasteiger partial charge on any atom is -0.480 e. The van der Waals surface area contributed by atoms with Crippen LogP contribution in [-0.4, -0.2) is 23.5 Å². The largest absolute Gasteiger partial charge is 0.480 e. The molecule has 0 saturated heterocycles. The summed E-state index contributed by atoms with van der Waals surface area (Å²) >= 11 is 9.04. The van der Waals surface area contributed by atoms with E-state index < -0.39 is 12.0 Å². The molecule has 0 aliphatic carbocycles. The van der Waals surface area contributed by atoms with Gasteiger partial charge in [0.05, 0.1) is 0 Å². The molecule has 1 amide bonds. The van der Waals surface area contributed by atoms with E-state index in [1.807, 2.05) is 0 Å². The smallest absolute Gasteiger partial charge is 0.326 e. The van der Waals surface area contributed by atoms with E-state index in [1.54, 1.807) is 12.1 Å². The van der Waals surface area contributed by atoms with Crippen LogP contribution in [-0.2, 0) is 9.59 Å². The van der Waals surface area contributed by atoms with Crippen molar-refractivity contribution in [1.29, 1.82) is 0 Å². The molecule has 0 bridgehead atoms. The number of anilines is 1. The van der Waals surface area contributed by atoms with Gasteiger partial charge < -0.3 is 10.0 Å². The maximum Gasteiger partial charge on any atom is 0.326 e. The Bertz CT molecular complexity index is 404. The van der Waals surface area contributed by atoms with Crippen LogP contribution in [0.2, 0.25) is 5.02 Å². The Morgan fingerprint density at radius 1 is 1.56 bits per heavy atom. The van der Waals surface area contributed by atoms with Crippen LogP contribution in [0.4, 0.5) is 5.69 Å². The minimum absolute atomic E-state index is 0.425. The molecule has 1 N–H and O–H groups in total. The summed E-state index contributed by atoms with van der Waals surface area (Å²) in [5.41, 5.74) is 0.435. The molecule has 0 unspecified atom stereocenters. The first-order valence-corrected chi connectivity index (χ1v) is 5.55. The molecule has 1 atom stereocenters. The van der Waals surface area contributed by atoms with E-state index in [1.165, 1.54) is 13.0 Å². The maximum absolute atomic E-state index is 10.9. The van der Waals surface area contributed by atoms with Gasteiger partial charge in [0.2, 0.25) is 6.41 Å². The maximum atomic E-state index is 10.9. The van der Waals surface area contributed by atoms with E-state index in [-0.39, 0.29) is 0 Å². The molecule has 1 rings (SSSR count). The average molecular weight is 307 g/mol. The van der Waals surface area contributed by atoms with Crippen molar-refractivity contribution in [3.63, 3.8) is 0 Å². The topological polar surface area (TPSA) is 57.6 Å². The highest BCUT2D eigenvalue weighted by atomic mass is 79.9. The fraction of sp³-hybridized carbons (Fsp3) is 0.200. The van der Waals surface area contributed by atoms with E-state index in [0.29, 0.717) is 21.6 Å². The lowest BCUT2D eigenvalue weighted by Gasteiger charge is -2.22. The molecule has 86 valence electrons. The van der Waals surface area contributed by atoms with E-state index in [2.05, 4.69) is 15.9 Å². The summed E-state index contributed by atoms with van der Waals surface area (Å²) in [6, 6.07) is 3.86. The standard InChI is InChI=1S/C10H9BrClNO3/c1-6(10(15)16)13(5-14)9-3-7(11)2-8(12)4-9/h2-6H,1H3,(H,15,16)/t6-/m0/s1. The molecule has 4 nitrogen and oxygen atoms in total. The fourth-order valence-corrected chi connectivity index (χ4v) is 2.03. The van der Waals surface area contributed by atoms with Crippen LogP contribution in [0.3, 0.4) is 0 Å². The summed E-state index contributed by atoms with van der Waals surface area (Å²) in [7, 11) is 0. The van der Waals surface area contributed by atoms with E-state index >= 15 is 0 Å². The van der Waals surface area contributed by atoms with Crippen molar-refractivity contribution in [1.82, 2.24) is 0 Å².